The summed E-state index contributed by atoms with van der Waals surface area (Å²) in [6.07, 6.45) is 3.03. The second-order valence-corrected chi connectivity index (χ2v) is 7.76. The fourth-order valence-corrected chi connectivity index (χ4v) is 3.65. The van der Waals surface area contributed by atoms with E-state index in [9.17, 15) is 9.59 Å². The maximum absolute atomic E-state index is 12.2. The molecule has 1 heterocycles. The van der Waals surface area contributed by atoms with Gasteiger partial charge in [-0.2, -0.15) is 0 Å². The van der Waals surface area contributed by atoms with Crippen LogP contribution in [0.3, 0.4) is 0 Å². The molecular weight excluding hydrogens is 374 g/mol. The van der Waals surface area contributed by atoms with Gasteiger partial charge in [-0.3, -0.25) is 9.59 Å². The molecular formula is C22H27NO6. The van der Waals surface area contributed by atoms with Crippen molar-refractivity contribution in [2.24, 2.45) is 5.92 Å². The second kappa shape index (κ2) is 9.11. The maximum atomic E-state index is 12.2. The lowest BCUT2D eigenvalue weighted by Crippen LogP contribution is -2.31. The van der Waals surface area contributed by atoms with Gasteiger partial charge in [-0.15, -0.1) is 0 Å². The number of aryl methyl sites for hydroxylation is 1. The molecule has 3 rings (SSSR count). The van der Waals surface area contributed by atoms with Gasteiger partial charge in [0.2, 0.25) is 0 Å². The quantitative estimate of drug-likeness (QED) is 0.695. The highest BCUT2D eigenvalue weighted by atomic mass is 16.5. The van der Waals surface area contributed by atoms with Crippen LogP contribution in [-0.4, -0.2) is 34.4 Å². The number of aromatic nitrogens is 1. The lowest BCUT2D eigenvalue weighted by atomic mass is 9.87. The first-order valence-electron chi connectivity index (χ1n) is 9.98. The van der Waals surface area contributed by atoms with Crippen molar-refractivity contribution in [1.82, 2.24) is 5.16 Å². The molecule has 0 amide bonds. The molecule has 7 heteroatoms. The first-order valence-corrected chi connectivity index (χ1v) is 9.98. The summed E-state index contributed by atoms with van der Waals surface area (Å²) in [7, 11) is 0. The Labute approximate surface area is 170 Å². The van der Waals surface area contributed by atoms with Crippen LogP contribution in [0.5, 0.6) is 5.75 Å². The van der Waals surface area contributed by atoms with Crippen molar-refractivity contribution in [3.8, 4) is 17.1 Å². The van der Waals surface area contributed by atoms with Crippen LogP contribution < -0.4 is 4.74 Å². The Kier molecular flexibility index (Phi) is 6.56. The van der Waals surface area contributed by atoms with Crippen LogP contribution in [0.2, 0.25) is 0 Å². The Morgan fingerprint density at radius 1 is 1.24 bits per heavy atom. The van der Waals surface area contributed by atoms with E-state index in [0.717, 1.165) is 24.8 Å². The minimum atomic E-state index is -0.930. The number of carbonyl (C=O) groups is 2. The molecule has 0 radical (unpaired) electrons. The van der Waals surface area contributed by atoms with Crippen LogP contribution >= 0.6 is 0 Å². The van der Waals surface area contributed by atoms with Crippen LogP contribution in [0.25, 0.3) is 11.3 Å². The topological polar surface area (TPSA) is 98.9 Å². The van der Waals surface area contributed by atoms with E-state index < -0.39 is 5.97 Å². The number of hydrogen-bond acceptors (Lipinski definition) is 6. The van der Waals surface area contributed by atoms with Crippen LogP contribution in [-0.2, 0) is 20.7 Å². The van der Waals surface area contributed by atoms with Crippen molar-refractivity contribution >= 4 is 11.9 Å². The molecule has 156 valence electrons. The van der Waals surface area contributed by atoms with Crippen LogP contribution in [0, 0.1) is 12.8 Å². The van der Waals surface area contributed by atoms with Crippen molar-refractivity contribution in [2.75, 3.05) is 0 Å². The van der Waals surface area contributed by atoms with Crippen LogP contribution in [0.1, 0.15) is 50.8 Å². The standard InChI is InChI=1S/C22H27NO6/c1-13(2)27-22(26)16-5-4-6-18(11-16)28-17-9-7-15(8-10-17)21-19(12-20(24)25)14(3)23-29-21/h7-10,13,16,18H,4-6,11-12H2,1-3H3,(H,24,25)/t16-,18-/m0/s1. The molecule has 7 nitrogen and oxygen atoms in total. The average molecular weight is 401 g/mol. The summed E-state index contributed by atoms with van der Waals surface area (Å²) in [5.74, 6) is -0.0277. The highest BCUT2D eigenvalue weighted by Crippen LogP contribution is 2.31. The van der Waals surface area contributed by atoms with Gasteiger partial charge in [-0.25, -0.2) is 0 Å². The van der Waals surface area contributed by atoms with Gasteiger partial charge in [-0.1, -0.05) is 5.16 Å². The zero-order chi connectivity index (χ0) is 21.0. The van der Waals surface area contributed by atoms with E-state index in [0.29, 0.717) is 29.2 Å². The predicted molar refractivity (Wildman–Crippen MR) is 106 cm³/mol. The number of carboxylic acid groups (broad SMARTS) is 1. The second-order valence-electron chi connectivity index (χ2n) is 7.76. The normalized spacial score (nSPS) is 19.2. The lowest BCUT2D eigenvalue weighted by Gasteiger charge is -2.29. The largest absolute Gasteiger partial charge is 0.490 e. The van der Waals surface area contributed by atoms with Gasteiger partial charge in [-0.05, 0) is 70.7 Å². The third kappa shape index (κ3) is 5.37. The van der Waals surface area contributed by atoms with Crippen molar-refractivity contribution in [3.05, 3.63) is 35.5 Å². The van der Waals surface area contributed by atoms with Crippen molar-refractivity contribution in [1.29, 1.82) is 0 Å². The molecule has 29 heavy (non-hydrogen) atoms. The fourth-order valence-electron chi connectivity index (χ4n) is 3.65. The summed E-state index contributed by atoms with van der Waals surface area (Å²) < 4.78 is 16.8. The number of esters is 1. The fraction of sp³-hybridized carbons (Fsp3) is 0.500. The monoisotopic (exact) mass is 401 g/mol. The summed E-state index contributed by atoms with van der Waals surface area (Å²) in [5, 5.41) is 13.0. The number of aliphatic carboxylic acids is 1. The number of ether oxygens (including phenoxy) is 2. The molecule has 0 aliphatic heterocycles. The zero-order valence-corrected chi connectivity index (χ0v) is 17.0. The minimum absolute atomic E-state index is 0.0330. The van der Waals surface area contributed by atoms with E-state index >= 15 is 0 Å². The number of carbonyl (C=O) groups excluding carboxylic acids is 1. The highest BCUT2D eigenvalue weighted by Gasteiger charge is 2.30. The molecule has 0 unspecified atom stereocenters. The van der Waals surface area contributed by atoms with Gasteiger partial charge in [0.1, 0.15) is 5.75 Å². The third-order valence-corrected chi connectivity index (χ3v) is 5.04. The Morgan fingerprint density at radius 2 is 1.97 bits per heavy atom. The molecule has 1 N–H and O–H groups in total. The van der Waals surface area contributed by atoms with Gasteiger partial charge >= 0.3 is 11.9 Å². The van der Waals surface area contributed by atoms with E-state index in [1.807, 2.05) is 38.1 Å². The number of hydrogen-bond donors (Lipinski definition) is 1. The van der Waals surface area contributed by atoms with Crippen molar-refractivity contribution < 1.29 is 28.7 Å². The molecule has 2 aromatic rings. The highest BCUT2D eigenvalue weighted by molar-refractivity contribution is 5.75. The van der Waals surface area contributed by atoms with E-state index in [2.05, 4.69) is 5.16 Å². The van der Waals surface area contributed by atoms with Gasteiger partial charge < -0.3 is 19.1 Å². The molecule has 2 atom stereocenters. The molecule has 1 aromatic heterocycles. The lowest BCUT2D eigenvalue weighted by molar-refractivity contribution is -0.154. The maximum Gasteiger partial charge on any atom is 0.309 e. The Morgan fingerprint density at radius 3 is 2.62 bits per heavy atom. The first kappa shape index (κ1) is 20.9. The minimum Gasteiger partial charge on any atom is -0.490 e. The summed E-state index contributed by atoms with van der Waals surface area (Å²) >= 11 is 0. The summed E-state index contributed by atoms with van der Waals surface area (Å²) in [6.45, 7) is 5.44. The summed E-state index contributed by atoms with van der Waals surface area (Å²) in [6, 6.07) is 7.31. The van der Waals surface area contributed by atoms with Gasteiger partial charge in [0.25, 0.3) is 0 Å². The zero-order valence-electron chi connectivity index (χ0n) is 17.0. The molecule has 1 aliphatic rings. The molecule has 0 saturated heterocycles. The molecule has 1 fully saturated rings. The van der Waals surface area contributed by atoms with E-state index in [1.54, 1.807) is 6.92 Å². The number of rotatable bonds is 7. The number of carboxylic acids is 1. The molecule has 1 aromatic carbocycles. The van der Waals surface area contributed by atoms with Crippen LogP contribution in [0.15, 0.2) is 28.8 Å². The van der Waals surface area contributed by atoms with Crippen molar-refractivity contribution in [2.45, 2.75) is 65.1 Å². The Hall–Kier alpha value is -2.83. The predicted octanol–water partition coefficient (Wildman–Crippen LogP) is 4.17. The summed E-state index contributed by atoms with van der Waals surface area (Å²) in [5.41, 5.74) is 1.89. The number of benzene rings is 1. The Bertz CT molecular complexity index is 855. The summed E-state index contributed by atoms with van der Waals surface area (Å²) in [4.78, 5) is 23.3. The smallest absolute Gasteiger partial charge is 0.309 e. The molecule has 1 aliphatic carbocycles. The van der Waals surface area contributed by atoms with E-state index in [-0.39, 0.29) is 30.5 Å². The molecule has 0 bridgehead atoms. The van der Waals surface area contributed by atoms with Gasteiger partial charge in [0.05, 0.1) is 30.2 Å². The van der Waals surface area contributed by atoms with E-state index in [4.69, 9.17) is 19.1 Å². The third-order valence-electron chi connectivity index (χ3n) is 5.04. The first-order chi connectivity index (χ1) is 13.8. The van der Waals surface area contributed by atoms with Crippen molar-refractivity contribution in [3.63, 3.8) is 0 Å². The molecule has 0 spiro atoms. The van der Waals surface area contributed by atoms with Gasteiger partial charge in [0, 0.05) is 11.1 Å². The van der Waals surface area contributed by atoms with Crippen LogP contribution in [0.4, 0.5) is 0 Å². The Balaban J connectivity index is 1.65. The average Bonchev–Trinajstić information content (AvgIpc) is 3.02. The molecule has 1 saturated carbocycles. The van der Waals surface area contributed by atoms with Gasteiger partial charge in [0.15, 0.2) is 5.76 Å². The van der Waals surface area contributed by atoms with E-state index in [1.165, 1.54) is 0 Å². The number of nitrogens with zero attached hydrogens (tertiary/aromatic N) is 1. The SMILES string of the molecule is Cc1noc(-c2ccc(O[C@H]3CCC[C@H](C(=O)OC(C)C)C3)cc2)c1CC(=O)O.